The van der Waals surface area contributed by atoms with Gasteiger partial charge < -0.3 is 10.1 Å². The van der Waals surface area contributed by atoms with Gasteiger partial charge in [-0.2, -0.15) is 22.0 Å². The number of alkyl halides is 6. The molecule has 0 aromatic heterocycles. The molecule has 0 aliphatic heterocycles. The molecule has 1 rings (SSSR count). The van der Waals surface area contributed by atoms with Crippen LogP contribution >= 0.6 is 11.8 Å². The highest BCUT2D eigenvalue weighted by Crippen LogP contribution is 2.45. The molecule has 0 bridgehead atoms. The van der Waals surface area contributed by atoms with Crippen LogP contribution in [0.15, 0.2) is 23.1 Å². The van der Waals surface area contributed by atoms with Crippen LogP contribution in [0.1, 0.15) is 0 Å². The van der Waals surface area contributed by atoms with E-state index in [1.165, 1.54) is 7.11 Å². The van der Waals surface area contributed by atoms with Crippen LogP contribution in [-0.2, 0) is 4.74 Å². The van der Waals surface area contributed by atoms with Gasteiger partial charge in [-0.15, -0.1) is 0 Å². The van der Waals surface area contributed by atoms with Gasteiger partial charge in [0.1, 0.15) is 12.5 Å². The molecule has 0 saturated carbocycles. The summed E-state index contributed by atoms with van der Waals surface area (Å²) in [7, 11) is 1.33. The highest BCUT2D eigenvalue weighted by Gasteiger charge is 2.57. The number of halogens is 7. The molecule has 0 spiro atoms. The second kappa shape index (κ2) is 6.73. The minimum atomic E-state index is -5.70. The Bertz CT molecular complexity index is 480. The van der Waals surface area contributed by atoms with Gasteiger partial charge in [-0.25, -0.2) is 8.78 Å². The fourth-order valence-corrected chi connectivity index (χ4v) is 2.10. The number of hydrogen-bond acceptors (Lipinski definition) is 3. The molecule has 1 aromatic rings. The van der Waals surface area contributed by atoms with Crippen LogP contribution in [0.4, 0.5) is 36.4 Å². The first-order chi connectivity index (χ1) is 9.58. The zero-order valence-corrected chi connectivity index (χ0v) is 11.3. The van der Waals surface area contributed by atoms with Gasteiger partial charge in [0.25, 0.3) is 6.17 Å². The Morgan fingerprint density at radius 2 is 1.86 bits per heavy atom. The number of nitrogens with one attached hydrogen (secondary N) is 1. The quantitative estimate of drug-likeness (QED) is 0.471. The molecule has 120 valence electrons. The van der Waals surface area contributed by atoms with Crippen molar-refractivity contribution in [2.45, 2.75) is 22.5 Å². The first-order valence-electron chi connectivity index (χ1n) is 5.38. The summed E-state index contributed by atoms with van der Waals surface area (Å²) >= 11 is -0.700. The second-order valence-electron chi connectivity index (χ2n) is 3.82. The third-order valence-electron chi connectivity index (χ3n) is 2.18. The number of rotatable bonds is 6. The molecular formula is C11H10F7NOS. The Labute approximate surface area is 119 Å². The van der Waals surface area contributed by atoms with Crippen molar-refractivity contribution in [2.24, 2.45) is 0 Å². The van der Waals surface area contributed by atoms with E-state index in [-0.39, 0.29) is 12.4 Å². The molecule has 0 aliphatic rings. The van der Waals surface area contributed by atoms with E-state index in [2.05, 4.69) is 10.1 Å². The lowest BCUT2D eigenvalue weighted by molar-refractivity contribution is -0.219. The molecule has 1 aromatic carbocycles. The minimum Gasteiger partial charge on any atom is -0.365 e. The summed E-state index contributed by atoms with van der Waals surface area (Å²) in [4.78, 5) is -0.535. The highest BCUT2D eigenvalue weighted by molar-refractivity contribution is 8.00. The third-order valence-corrected chi connectivity index (χ3v) is 3.15. The predicted molar refractivity (Wildman–Crippen MR) is 63.7 cm³/mol. The van der Waals surface area contributed by atoms with Crippen molar-refractivity contribution in [1.82, 2.24) is 0 Å². The lowest BCUT2D eigenvalue weighted by atomic mass is 10.3. The predicted octanol–water partition coefficient (Wildman–Crippen LogP) is 4.43. The monoisotopic (exact) mass is 337 g/mol. The molecule has 0 heterocycles. The van der Waals surface area contributed by atoms with Gasteiger partial charge in [0.2, 0.25) is 0 Å². The van der Waals surface area contributed by atoms with Crippen molar-refractivity contribution >= 4 is 17.4 Å². The van der Waals surface area contributed by atoms with Crippen molar-refractivity contribution in [1.29, 1.82) is 0 Å². The number of methoxy groups -OCH3 is 1. The van der Waals surface area contributed by atoms with E-state index in [1.807, 2.05) is 0 Å². The van der Waals surface area contributed by atoms with Crippen LogP contribution in [0.3, 0.4) is 0 Å². The molecule has 2 nitrogen and oxygen atoms in total. The summed E-state index contributed by atoms with van der Waals surface area (Å²) in [5.74, 6) is -0.977. The van der Waals surface area contributed by atoms with Crippen molar-refractivity contribution < 1.29 is 35.5 Å². The number of benzene rings is 1. The van der Waals surface area contributed by atoms with Crippen LogP contribution in [0.5, 0.6) is 0 Å². The molecule has 1 N–H and O–H groups in total. The molecule has 10 heteroatoms. The van der Waals surface area contributed by atoms with Crippen LogP contribution in [-0.4, -0.2) is 31.4 Å². The highest BCUT2D eigenvalue weighted by atomic mass is 32.2. The van der Waals surface area contributed by atoms with Crippen LogP contribution in [0, 0.1) is 5.82 Å². The summed E-state index contributed by atoms with van der Waals surface area (Å²) in [6.45, 7) is -0.0554. The molecule has 0 saturated heterocycles. The van der Waals surface area contributed by atoms with E-state index >= 15 is 0 Å². The van der Waals surface area contributed by atoms with Gasteiger partial charge in [-0.3, -0.25) is 0 Å². The van der Waals surface area contributed by atoms with Gasteiger partial charge in [0, 0.05) is 12.0 Å². The fourth-order valence-electron chi connectivity index (χ4n) is 1.25. The van der Waals surface area contributed by atoms with Gasteiger partial charge in [0.05, 0.1) is 5.69 Å². The summed E-state index contributed by atoms with van der Waals surface area (Å²) in [6, 6.07) is 2.57. The molecule has 21 heavy (non-hydrogen) atoms. The maximum atomic E-state index is 13.5. The molecule has 1 unspecified atom stereocenters. The second-order valence-corrected chi connectivity index (χ2v) is 5.04. The fraction of sp³-hybridized carbons (Fsp3) is 0.455. The molecule has 0 amide bonds. The molecule has 1 atom stereocenters. The smallest absolute Gasteiger partial charge is 0.365 e. The summed E-state index contributed by atoms with van der Waals surface area (Å²) in [6.07, 6.45) is -10.0. The van der Waals surface area contributed by atoms with E-state index in [1.54, 1.807) is 0 Å². The first-order valence-corrected chi connectivity index (χ1v) is 6.19. The van der Waals surface area contributed by atoms with E-state index in [0.29, 0.717) is 6.07 Å². The van der Waals surface area contributed by atoms with Crippen molar-refractivity contribution in [3.8, 4) is 0 Å². The van der Waals surface area contributed by atoms with Crippen LogP contribution in [0.25, 0.3) is 0 Å². The van der Waals surface area contributed by atoms with Gasteiger partial charge in [0.15, 0.2) is 0 Å². The van der Waals surface area contributed by atoms with Crippen LogP contribution < -0.4 is 5.32 Å². The van der Waals surface area contributed by atoms with Crippen LogP contribution in [0.2, 0.25) is 0 Å². The topological polar surface area (TPSA) is 21.3 Å². The Morgan fingerprint density at radius 3 is 2.33 bits per heavy atom. The number of hydrogen-bond donors (Lipinski definition) is 1. The number of ether oxygens (including phenoxy) is 1. The average Bonchev–Trinajstić information content (AvgIpc) is 2.35. The lowest BCUT2D eigenvalue weighted by Crippen LogP contribution is -2.39. The summed E-state index contributed by atoms with van der Waals surface area (Å²) < 4.78 is 93.0. The largest absolute Gasteiger partial charge is 0.426 e. The minimum absolute atomic E-state index is 0.0554. The van der Waals surface area contributed by atoms with E-state index in [4.69, 9.17) is 0 Å². The summed E-state index contributed by atoms with van der Waals surface area (Å²) in [5, 5.41) is -2.31. The lowest BCUT2D eigenvalue weighted by Gasteiger charge is -2.22. The maximum Gasteiger partial charge on any atom is 0.426 e. The van der Waals surface area contributed by atoms with E-state index in [0.717, 1.165) is 12.1 Å². The zero-order valence-electron chi connectivity index (χ0n) is 10.5. The standard InChI is InChI=1S/C11H10F7NOS/c1-20-5-19-8-3-2-6(4-7(8)12)21-11(17,18)9(13)10(14,15)16/h2-4,9,19H,5H2,1H3. The van der Waals surface area contributed by atoms with E-state index < -0.39 is 40.1 Å². The average molecular weight is 337 g/mol. The van der Waals surface area contributed by atoms with Gasteiger partial charge >= 0.3 is 11.4 Å². The molecule has 0 radical (unpaired) electrons. The van der Waals surface area contributed by atoms with Crippen molar-refractivity contribution in [2.75, 3.05) is 19.2 Å². The zero-order chi connectivity index (χ0) is 16.3. The third kappa shape index (κ3) is 4.95. The van der Waals surface area contributed by atoms with Gasteiger partial charge in [-0.1, -0.05) is 0 Å². The summed E-state index contributed by atoms with van der Waals surface area (Å²) in [5.41, 5.74) is -0.0860. The first kappa shape index (κ1) is 17.9. The normalized spacial score (nSPS) is 14.1. The maximum absolute atomic E-state index is 13.5. The Kier molecular flexibility index (Phi) is 5.74. The Hall–Kier alpha value is -1.16. The Balaban J connectivity index is 2.86. The molecule has 0 aliphatic carbocycles. The van der Waals surface area contributed by atoms with Gasteiger partial charge in [-0.05, 0) is 30.0 Å². The molecule has 0 fully saturated rings. The van der Waals surface area contributed by atoms with E-state index in [9.17, 15) is 30.7 Å². The Morgan fingerprint density at radius 1 is 1.24 bits per heavy atom. The number of anilines is 1. The molecular weight excluding hydrogens is 327 g/mol. The number of thioether (sulfide) groups is 1. The SMILES string of the molecule is COCNc1ccc(SC(F)(F)C(F)C(F)(F)F)cc1F. The van der Waals surface area contributed by atoms with Crippen molar-refractivity contribution in [3.63, 3.8) is 0 Å². The van der Waals surface area contributed by atoms with Crippen molar-refractivity contribution in [3.05, 3.63) is 24.0 Å².